The van der Waals surface area contributed by atoms with Gasteiger partial charge in [0.25, 0.3) is 0 Å². The van der Waals surface area contributed by atoms with Gasteiger partial charge in [-0.05, 0) is 101 Å². The van der Waals surface area contributed by atoms with Crippen LogP contribution in [0.4, 0.5) is 0 Å². The Kier molecular flexibility index (Phi) is 13.7. The summed E-state index contributed by atoms with van der Waals surface area (Å²) < 4.78 is 5.08. The number of nitrogens with zero attached hydrogens (tertiary/aromatic N) is 2. The molecule has 350 valence electrons. The van der Waals surface area contributed by atoms with Gasteiger partial charge < -0.3 is 9.13 Å². The van der Waals surface area contributed by atoms with Crippen LogP contribution in [0.15, 0.2) is 176 Å². The van der Waals surface area contributed by atoms with E-state index >= 15 is 0 Å². The summed E-state index contributed by atoms with van der Waals surface area (Å²) in [6.07, 6.45) is 26.0. The molecule has 10 aromatic rings. The summed E-state index contributed by atoms with van der Waals surface area (Å²) in [5.74, 6) is 14.3. The van der Waals surface area contributed by atoms with E-state index < -0.39 is 0 Å². The predicted octanol–water partition coefficient (Wildman–Crippen LogP) is 18.5. The summed E-state index contributed by atoms with van der Waals surface area (Å²) in [6.45, 7) is 3.30. The van der Waals surface area contributed by atoms with Gasteiger partial charge in [-0.2, -0.15) is 0 Å². The lowest BCUT2D eigenvalue weighted by Crippen LogP contribution is -1.98. The highest BCUT2D eigenvalue weighted by Crippen LogP contribution is 2.41. The lowest BCUT2D eigenvalue weighted by Gasteiger charge is -2.13. The molecule has 0 saturated carbocycles. The highest BCUT2D eigenvalue weighted by atomic mass is 15.0. The zero-order chi connectivity index (χ0) is 47.9. The van der Waals surface area contributed by atoms with E-state index in [-0.39, 0.29) is 0 Å². The third-order valence-electron chi connectivity index (χ3n) is 15.2. The van der Waals surface area contributed by atoms with Crippen molar-refractivity contribution >= 4 is 65.2 Å². The van der Waals surface area contributed by atoms with Gasteiger partial charge in [-0.25, -0.2) is 0 Å². The molecule has 0 amide bonds. The Balaban J connectivity index is 0.899. The molecule has 1 aliphatic carbocycles. The number of aryl methyl sites for hydroxylation is 2. The second-order valence-electron chi connectivity index (χ2n) is 20.0. The van der Waals surface area contributed by atoms with Crippen molar-refractivity contribution in [2.75, 3.05) is 0 Å². The van der Waals surface area contributed by atoms with Crippen molar-refractivity contribution in [3.8, 4) is 34.8 Å². The Hall–Kier alpha value is -7.52. The maximum atomic E-state index is 3.50. The van der Waals surface area contributed by atoms with Crippen molar-refractivity contribution in [2.24, 2.45) is 7.05 Å². The minimum atomic E-state index is 0.449. The molecular formula is C69H64N2. The van der Waals surface area contributed by atoms with E-state index in [1.165, 1.54) is 159 Å². The summed E-state index contributed by atoms with van der Waals surface area (Å²) in [5.41, 5.74) is 13.1. The normalized spacial score (nSPS) is 13.4. The molecule has 11 rings (SSSR count). The van der Waals surface area contributed by atoms with Gasteiger partial charge in [0, 0.05) is 85.1 Å². The van der Waals surface area contributed by atoms with Gasteiger partial charge in [0.1, 0.15) is 0 Å². The lowest BCUT2D eigenvalue weighted by molar-refractivity contribution is 0.533. The molecule has 0 radical (unpaired) electrons. The van der Waals surface area contributed by atoms with E-state index in [1.54, 1.807) is 0 Å². The average molecular weight is 921 g/mol. The summed E-state index contributed by atoms with van der Waals surface area (Å²) in [4.78, 5) is 0. The van der Waals surface area contributed by atoms with Crippen molar-refractivity contribution in [1.82, 2.24) is 9.13 Å². The number of hydrogen-bond acceptors (Lipinski definition) is 0. The van der Waals surface area contributed by atoms with Gasteiger partial charge in [0.2, 0.25) is 0 Å². The first-order chi connectivity index (χ1) is 35.1. The van der Waals surface area contributed by atoms with Crippen molar-refractivity contribution < 1.29 is 0 Å². The molecule has 71 heavy (non-hydrogen) atoms. The summed E-state index contributed by atoms with van der Waals surface area (Å²) in [6, 6.07) is 55.7. The zero-order valence-electron chi connectivity index (χ0n) is 41.6. The fraction of sp³-hybridized carbons (Fsp3) is 0.246. The number of benzene rings is 8. The molecule has 2 heteroatoms. The first-order valence-corrected chi connectivity index (χ1v) is 26.6. The predicted molar refractivity (Wildman–Crippen MR) is 305 cm³/mol. The van der Waals surface area contributed by atoms with Crippen LogP contribution in [-0.2, 0) is 13.6 Å². The average Bonchev–Trinajstić information content (AvgIpc) is 3.89. The minimum Gasteiger partial charge on any atom is -0.343 e. The highest BCUT2D eigenvalue weighted by molar-refractivity contribution is 6.24. The van der Waals surface area contributed by atoms with E-state index in [0.717, 1.165) is 35.2 Å². The second kappa shape index (κ2) is 21.2. The zero-order valence-corrected chi connectivity index (χ0v) is 41.6. The molecule has 0 N–H and O–H groups in total. The van der Waals surface area contributed by atoms with Crippen LogP contribution in [0.2, 0.25) is 0 Å². The summed E-state index contributed by atoms with van der Waals surface area (Å²) in [7, 11) is 2.24. The van der Waals surface area contributed by atoms with Gasteiger partial charge in [-0.3, -0.25) is 0 Å². The van der Waals surface area contributed by atoms with Crippen molar-refractivity contribution in [1.29, 1.82) is 0 Å². The third kappa shape index (κ3) is 9.83. The molecule has 0 bridgehead atoms. The van der Waals surface area contributed by atoms with Gasteiger partial charge in [-0.15, -0.1) is 0 Å². The van der Waals surface area contributed by atoms with Gasteiger partial charge >= 0.3 is 0 Å². The summed E-state index contributed by atoms with van der Waals surface area (Å²) >= 11 is 0. The largest absolute Gasteiger partial charge is 0.343 e. The molecule has 1 atom stereocenters. The Labute approximate surface area is 420 Å². The number of unbranched alkanes of at least 4 members (excludes halogenated alkanes) is 11. The maximum absolute atomic E-state index is 3.50. The molecule has 0 fully saturated rings. The van der Waals surface area contributed by atoms with Crippen LogP contribution in [0.3, 0.4) is 0 Å². The summed E-state index contributed by atoms with van der Waals surface area (Å²) in [5, 5.41) is 10.2. The van der Waals surface area contributed by atoms with Crippen molar-refractivity contribution in [3.05, 3.63) is 204 Å². The molecule has 0 spiro atoms. The van der Waals surface area contributed by atoms with Gasteiger partial charge in [0.15, 0.2) is 0 Å². The van der Waals surface area contributed by atoms with E-state index in [9.17, 15) is 0 Å². The molecule has 0 aliphatic heterocycles. The van der Waals surface area contributed by atoms with Crippen LogP contribution in [0.5, 0.6) is 0 Å². The molecule has 0 saturated heterocycles. The molecule has 2 nitrogen and oxygen atoms in total. The van der Waals surface area contributed by atoms with Gasteiger partial charge in [0.05, 0.1) is 11.0 Å². The second-order valence-corrected chi connectivity index (χ2v) is 20.0. The standard InChI is InChI=1S/C69H64N2/c1-3-4-5-6-7-8-9-10-11-12-13-20-45-71-67-49-64-62-43-39-58-46-52(27-25-50-29-35-56(36-30-50)54-21-16-14-17-22-54)33-41-60(58)68(62)70(2)66(64)48-65(67)63-44-40-59-47-53(34-42-61(59)69(63)71)28-26-51-31-37-57(38-32-51)55-23-18-15-19-24-55/h14-19,21-23,29-44,46-49,55H,3-13,20,24,45H2,1-2H3. The number of fused-ring (bicyclic) bond motifs is 10. The van der Waals surface area contributed by atoms with E-state index in [2.05, 4.69) is 223 Å². The Bertz CT molecular complexity index is 3720. The monoisotopic (exact) mass is 921 g/mol. The minimum absolute atomic E-state index is 0.449. The molecule has 1 aliphatic rings. The number of rotatable bonds is 15. The highest BCUT2D eigenvalue weighted by Gasteiger charge is 2.19. The maximum Gasteiger partial charge on any atom is 0.0571 e. The van der Waals surface area contributed by atoms with Crippen LogP contribution in [0.1, 0.15) is 124 Å². The molecule has 2 aromatic heterocycles. The molecular weight excluding hydrogens is 857 g/mol. The van der Waals surface area contributed by atoms with E-state index in [4.69, 9.17) is 0 Å². The first-order valence-electron chi connectivity index (χ1n) is 26.6. The van der Waals surface area contributed by atoms with E-state index in [0.29, 0.717) is 5.92 Å². The number of hydrogen-bond donors (Lipinski definition) is 0. The molecule has 8 aromatic carbocycles. The van der Waals surface area contributed by atoms with Crippen LogP contribution in [-0.4, -0.2) is 9.13 Å². The van der Waals surface area contributed by atoms with Crippen molar-refractivity contribution in [3.63, 3.8) is 0 Å². The lowest BCUT2D eigenvalue weighted by atomic mass is 9.92. The molecule has 2 heterocycles. The number of allylic oxidation sites excluding steroid dienone is 4. The van der Waals surface area contributed by atoms with Crippen molar-refractivity contribution in [2.45, 2.75) is 103 Å². The smallest absolute Gasteiger partial charge is 0.0571 e. The van der Waals surface area contributed by atoms with Gasteiger partial charge in [-0.1, -0.05) is 217 Å². The Morgan fingerprint density at radius 2 is 0.944 bits per heavy atom. The van der Waals surface area contributed by atoms with Crippen LogP contribution in [0, 0.1) is 23.7 Å². The SMILES string of the molecule is CCCCCCCCCCCCCCn1c2cc3c4ccc5cc(C#Cc6ccc(-c7ccccc7)cc6)ccc5c4n(C)c3cc2c2ccc3cc(C#Cc4ccc(C5C=CC=CC5)cc4)ccc3c21. The fourth-order valence-electron chi connectivity index (χ4n) is 11.3. The van der Waals surface area contributed by atoms with Crippen LogP contribution < -0.4 is 0 Å². The van der Waals surface area contributed by atoms with Crippen LogP contribution in [0.25, 0.3) is 76.3 Å². The number of aromatic nitrogens is 2. The third-order valence-corrected chi connectivity index (χ3v) is 15.2. The molecule has 1 unspecified atom stereocenters. The van der Waals surface area contributed by atoms with E-state index in [1.807, 2.05) is 0 Å². The Morgan fingerprint density at radius 1 is 0.437 bits per heavy atom. The first kappa shape index (κ1) is 45.9. The van der Waals surface area contributed by atoms with Crippen LogP contribution >= 0.6 is 0 Å². The Morgan fingerprint density at radius 3 is 1.56 bits per heavy atom. The topological polar surface area (TPSA) is 9.86 Å². The quantitative estimate of drug-likeness (QED) is 0.0716. The fourth-order valence-corrected chi connectivity index (χ4v) is 11.3.